The predicted molar refractivity (Wildman–Crippen MR) is 167 cm³/mol. The van der Waals surface area contributed by atoms with Crippen LogP contribution in [0.1, 0.15) is 11.1 Å². The molecule has 1 nitrogen and oxygen atoms in total. The smallest absolute Gasteiger partial charge is 0.0633 e. The summed E-state index contributed by atoms with van der Waals surface area (Å²) in [4.78, 5) is 0. The van der Waals surface area contributed by atoms with Crippen molar-refractivity contribution in [1.82, 2.24) is 4.57 Å². The SMILES string of the molecule is C=Cc1c(C=C)c2c(c3cc(Br)ccc3n2-c2ccccc2)c2sc3ccc(-c4ccccc4)cc3c12. The molecule has 0 aliphatic carbocycles. The Labute approximate surface area is 227 Å². The summed E-state index contributed by atoms with van der Waals surface area (Å²) in [6.45, 7) is 8.56. The molecule has 0 atom stereocenters. The van der Waals surface area contributed by atoms with Crippen LogP contribution in [-0.2, 0) is 0 Å². The van der Waals surface area contributed by atoms with Crippen molar-refractivity contribution >= 4 is 81.4 Å². The summed E-state index contributed by atoms with van der Waals surface area (Å²) in [6, 6.07) is 34.6. The molecule has 0 saturated heterocycles. The van der Waals surface area contributed by atoms with Gasteiger partial charge in [0.2, 0.25) is 0 Å². The van der Waals surface area contributed by atoms with Gasteiger partial charge in [-0.2, -0.15) is 0 Å². The Bertz CT molecular complexity index is 2010. The number of para-hydroxylation sites is 1. The fourth-order valence-electron chi connectivity index (χ4n) is 5.63. The van der Waals surface area contributed by atoms with Gasteiger partial charge in [-0.1, -0.05) is 95.8 Å². The fourth-order valence-corrected chi connectivity index (χ4v) is 7.24. The molecular weight excluding hydrogens is 534 g/mol. The highest BCUT2D eigenvalue weighted by atomic mass is 79.9. The lowest BCUT2D eigenvalue weighted by Crippen LogP contribution is -1.96. The van der Waals surface area contributed by atoms with Gasteiger partial charge in [0.15, 0.2) is 0 Å². The van der Waals surface area contributed by atoms with Gasteiger partial charge in [0, 0.05) is 46.7 Å². The predicted octanol–water partition coefficient (Wildman–Crippen LogP) is 10.9. The Morgan fingerprint density at radius 1 is 0.676 bits per heavy atom. The first-order chi connectivity index (χ1) is 18.2. The second-order valence-corrected chi connectivity index (χ2v) is 11.1. The maximum atomic E-state index is 4.28. The normalized spacial score (nSPS) is 11.6. The van der Waals surface area contributed by atoms with E-state index in [1.807, 2.05) is 23.5 Å². The molecule has 7 rings (SSSR count). The van der Waals surface area contributed by atoms with Crippen LogP contribution in [0.5, 0.6) is 0 Å². The minimum absolute atomic E-state index is 1.07. The van der Waals surface area contributed by atoms with Crippen LogP contribution < -0.4 is 0 Å². The quantitative estimate of drug-likeness (QED) is 0.203. The zero-order valence-electron chi connectivity index (χ0n) is 20.0. The van der Waals surface area contributed by atoms with Crippen molar-refractivity contribution in [1.29, 1.82) is 0 Å². The van der Waals surface area contributed by atoms with Crippen LogP contribution in [0.4, 0.5) is 0 Å². The maximum absolute atomic E-state index is 4.28. The summed E-state index contributed by atoms with van der Waals surface area (Å²) in [6.07, 6.45) is 4.00. The summed E-state index contributed by atoms with van der Waals surface area (Å²) >= 11 is 5.60. The van der Waals surface area contributed by atoms with Crippen LogP contribution in [0.2, 0.25) is 0 Å². The van der Waals surface area contributed by atoms with Gasteiger partial charge in [-0.25, -0.2) is 0 Å². The van der Waals surface area contributed by atoms with Crippen molar-refractivity contribution in [3.63, 3.8) is 0 Å². The maximum Gasteiger partial charge on any atom is 0.0633 e. The topological polar surface area (TPSA) is 4.93 Å². The molecule has 0 unspecified atom stereocenters. The van der Waals surface area contributed by atoms with Gasteiger partial charge in [-0.05, 0) is 59.2 Å². The minimum Gasteiger partial charge on any atom is -0.309 e. The molecule has 37 heavy (non-hydrogen) atoms. The van der Waals surface area contributed by atoms with E-state index < -0.39 is 0 Å². The molecule has 0 amide bonds. The molecular formula is C34H22BrNS. The minimum atomic E-state index is 1.07. The van der Waals surface area contributed by atoms with Crippen LogP contribution in [-0.4, -0.2) is 4.57 Å². The lowest BCUT2D eigenvalue weighted by Gasteiger charge is -2.13. The number of nitrogens with zero attached hydrogens (tertiary/aromatic N) is 1. The first-order valence-electron chi connectivity index (χ1n) is 12.2. The first kappa shape index (κ1) is 22.3. The zero-order valence-corrected chi connectivity index (χ0v) is 22.4. The number of halogens is 1. The van der Waals surface area contributed by atoms with Gasteiger partial charge in [0.05, 0.1) is 11.0 Å². The van der Waals surface area contributed by atoms with Gasteiger partial charge in [0.1, 0.15) is 0 Å². The van der Waals surface area contributed by atoms with E-state index in [2.05, 4.69) is 131 Å². The molecule has 0 N–H and O–H groups in total. The van der Waals surface area contributed by atoms with Crippen LogP contribution in [0.25, 0.3) is 70.9 Å². The number of thiophene rings is 1. The number of hydrogen-bond donors (Lipinski definition) is 0. The number of aromatic nitrogens is 1. The Morgan fingerprint density at radius 3 is 2.14 bits per heavy atom. The lowest BCUT2D eigenvalue weighted by molar-refractivity contribution is 1.18. The zero-order chi connectivity index (χ0) is 25.1. The number of fused-ring (bicyclic) bond motifs is 7. The van der Waals surface area contributed by atoms with Crippen molar-refractivity contribution in [3.8, 4) is 16.8 Å². The molecule has 2 aromatic heterocycles. The Morgan fingerprint density at radius 2 is 1.41 bits per heavy atom. The van der Waals surface area contributed by atoms with E-state index in [4.69, 9.17) is 0 Å². The molecule has 0 aliphatic rings. The molecule has 0 fully saturated rings. The fraction of sp³-hybridized carbons (Fsp3) is 0. The molecule has 0 saturated carbocycles. The Kier molecular flexibility index (Phi) is 5.17. The van der Waals surface area contributed by atoms with Crippen LogP contribution >= 0.6 is 27.3 Å². The molecule has 0 aliphatic heterocycles. The second-order valence-electron chi connectivity index (χ2n) is 9.17. The highest BCUT2D eigenvalue weighted by molar-refractivity contribution is 9.10. The van der Waals surface area contributed by atoms with Crippen molar-refractivity contribution in [2.75, 3.05) is 0 Å². The molecule has 5 aromatic carbocycles. The summed E-state index contributed by atoms with van der Waals surface area (Å²) < 4.78 is 6.01. The molecule has 0 spiro atoms. The highest BCUT2D eigenvalue weighted by Crippen LogP contribution is 2.48. The standard InChI is InChI=1S/C34H22BrNS/c1-3-25-26(4-2)33-32(27-20-23(35)16-17-29(27)36(33)24-13-9-6-10-14-24)34-31(25)28-19-22(15-18-30(28)37-34)21-11-7-5-8-12-21/h3-20H,1-2H2. The van der Waals surface area contributed by atoms with Crippen LogP contribution in [0.15, 0.2) is 115 Å². The summed E-state index contributed by atoms with van der Waals surface area (Å²) in [5.74, 6) is 0. The molecule has 3 heteroatoms. The third-order valence-corrected chi connectivity index (χ3v) is 8.87. The highest BCUT2D eigenvalue weighted by Gasteiger charge is 2.23. The summed E-state index contributed by atoms with van der Waals surface area (Å²) in [5, 5.41) is 5.00. The van der Waals surface area contributed by atoms with Gasteiger partial charge in [-0.15, -0.1) is 11.3 Å². The van der Waals surface area contributed by atoms with E-state index >= 15 is 0 Å². The third kappa shape index (κ3) is 3.28. The molecule has 176 valence electrons. The van der Waals surface area contributed by atoms with Gasteiger partial charge < -0.3 is 4.57 Å². The Hall–Kier alpha value is -3.92. The second kappa shape index (κ2) is 8.58. The molecule has 0 radical (unpaired) electrons. The van der Waals surface area contributed by atoms with Gasteiger partial charge >= 0.3 is 0 Å². The van der Waals surface area contributed by atoms with Crippen molar-refractivity contribution < 1.29 is 0 Å². The average molecular weight is 557 g/mol. The van der Waals surface area contributed by atoms with E-state index in [0.29, 0.717) is 0 Å². The van der Waals surface area contributed by atoms with E-state index in [1.54, 1.807) is 0 Å². The van der Waals surface area contributed by atoms with Crippen LogP contribution in [0, 0.1) is 0 Å². The average Bonchev–Trinajstić information content (AvgIpc) is 3.48. The molecule has 7 aromatic rings. The molecule has 2 heterocycles. The van der Waals surface area contributed by atoms with E-state index in [-0.39, 0.29) is 0 Å². The molecule has 0 bridgehead atoms. The van der Waals surface area contributed by atoms with Gasteiger partial charge in [-0.3, -0.25) is 0 Å². The van der Waals surface area contributed by atoms with Crippen LogP contribution in [0.3, 0.4) is 0 Å². The monoisotopic (exact) mass is 555 g/mol. The number of rotatable bonds is 4. The van der Waals surface area contributed by atoms with Crippen molar-refractivity contribution in [3.05, 3.63) is 126 Å². The number of benzene rings is 5. The van der Waals surface area contributed by atoms with Gasteiger partial charge in [0.25, 0.3) is 0 Å². The largest absolute Gasteiger partial charge is 0.309 e. The summed E-state index contributed by atoms with van der Waals surface area (Å²) in [7, 11) is 0. The lowest BCUT2D eigenvalue weighted by atomic mass is 9.95. The number of hydrogen-bond acceptors (Lipinski definition) is 1. The van der Waals surface area contributed by atoms with E-state index in [0.717, 1.165) is 21.3 Å². The summed E-state index contributed by atoms with van der Waals surface area (Å²) in [5.41, 5.74) is 8.17. The van der Waals surface area contributed by atoms with E-state index in [1.165, 1.54) is 53.1 Å². The van der Waals surface area contributed by atoms with Crippen molar-refractivity contribution in [2.24, 2.45) is 0 Å². The first-order valence-corrected chi connectivity index (χ1v) is 13.8. The van der Waals surface area contributed by atoms with E-state index in [9.17, 15) is 0 Å². The van der Waals surface area contributed by atoms with Crippen molar-refractivity contribution in [2.45, 2.75) is 0 Å². The Balaban J connectivity index is 1.73. The third-order valence-electron chi connectivity index (χ3n) is 7.19.